The van der Waals surface area contributed by atoms with Gasteiger partial charge >= 0.3 is 0 Å². The van der Waals surface area contributed by atoms with Gasteiger partial charge in [-0.25, -0.2) is 4.98 Å². The van der Waals surface area contributed by atoms with Gasteiger partial charge in [-0.2, -0.15) is 0 Å². The first-order chi connectivity index (χ1) is 16.5. The zero-order valence-corrected chi connectivity index (χ0v) is 23.1. The lowest BCUT2D eigenvalue weighted by atomic mass is 9.85. The van der Waals surface area contributed by atoms with Gasteiger partial charge in [0.25, 0.3) is 0 Å². The van der Waals surface area contributed by atoms with Gasteiger partial charge in [0.1, 0.15) is 12.1 Å². The second-order valence-corrected chi connectivity index (χ2v) is 10.7. The molecular weight excluding hydrogens is 460 g/mol. The highest BCUT2D eigenvalue weighted by Crippen LogP contribution is 2.29. The van der Waals surface area contributed by atoms with Gasteiger partial charge in [-0.1, -0.05) is 58.9 Å². The summed E-state index contributed by atoms with van der Waals surface area (Å²) in [5, 5.41) is 5.85. The number of thiazole rings is 1. The molecule has 0 spiro atoms. The van der Waals surface area contributed by atoms with Gasteiger partial charge in [0, 0.05) is 13.5 Å². The number of hydrogen-bond acceptors (Lipinski definition) is 5. The number of carbonyl (C=O) groups is 3. The fourth-order valence-corrected chi connectivity index (χ4v) is 5.03. The number of hydrogen-bond donors (Lipinski definition) is 2. The Hall–Kier alpha value is -2.74. The summed E-state index contributed by atoms with van der Waals surface area (Å²) in [4.78, 5) is 45.2. The Balaban J connectivity index is 0.00000210. The number of nitrogens with zero attached hydrogens (tertiary/aromatic N) is 2. The molecule has 192 valence electrons. The molecule has 1 fully saturated rings. The quantitative estimate of drug-likeness (QED) is 0.592. The van der Waals surface area contributed by atoms with E-state index in [1.807, 2.05) is 78.2 Å². The van der Waals surface area contributed by atoms with E-state index < -0.39 is 17.5 Å². The molecule has 3 amide bonds. The van der Waals surface area contributed by atoms with Crippen molar-refractivity contribution in [3.8, 4) is 10.4 Å². The molecule has 0 bridgehead atoms. The van der Waals surface area contributed by atoms with Crippen LogP contribution in [0.1, 0.15) is 78.6 Å². The molecule has 2 aromatic rings. The molecule has 1 aliphatic heterocycles. The van der Waals surface area contributed by atoms with Gasteiger partial charge in [-0.05, 0) is 43.2 Å². The Labute approximate surface area is 213 Å². The Bertz CT molecular complexity index is 1010. The highest BCUT2D eigenvalue weighted by molar-refractivity contribution is 7.13. The van der Waals surface area contributed by atoms with Crippen molar-refractivity contribution in [2.24, 2.45) is 5.41 Å². The molecule has 2 N–H and O–H groups in total. The smallest absolute Gasteiger partial charge is 0.246 e. The van der Waals surface area contributed by atoms with Crippen LogP contribution in [0.5, 0.6) is 0 Å². The summed E-state index contributed by atoms with van der Waals surface area (Å²) in [5.41, 5.74) is 4.49. The lowest BCUT2D eigenvalue weighted by molar-refractivity contribution is -0.143. The van der Waals surface area contributed by atoms with E-state index in [2.05, 4.69) is 15.6 Å². The van der Waals surface area contributed by atoms with Gasteiger partial charge in [0.15, 0.2) is 0 Å². The molecule has 3 unspecified atom stereocenters. The van der Waals surface area contributed by atoms with Crippen molar-refractivity contribution >= 4 is 29.1 Å². The van der Waals surface area contributed by atoms with Crippen molar-refractivity contribution in [3.63, 3.8) is 0 Å². The SMILES string of the molecule is CC.CC(=O)NC(C(=O)N1CCCC1C(=O)NC(C)c1ccc(-c2scnc2C)cc1)C(C)(C)C. The summed E-state index contributed by atoms with van der Waals surface area (Å²) in [7, 11) is 0. The van der Waals surface area contributed by atoms with Gasteiger partial charge in [0.2, 0.25) is 17.7 Å². The molecule has 35 heavy (non-hydrogen) atoms. The normalized spacial score (nSPS) is 17.1. The first-order valence-electron chi connectivity index (χ1n) is 12.4. The molecule has 8 heteroatoms. The molecule has 0 saturated carbocycles. The Morgan fingerprint density at radius 2 is 1.74 bits per heavy atom. The summed E-state index contributed by atoms with van der Waals surface area (Å²) in [6.07, 6.45) is 1.38. The van der Waals surface area contributed by atoms with E-state index in [4.69, 9.17) is 0 Å². The van der Waals surface area contributed by atoms with Crippen LogP contribution in [0.3, 0.4) is 0 Å². The first kappa shape index (κ1) is 28.5. The van der Waals surface area contributed by atoms with E-state index in [0.717, 1.165) is 28.1 Å². The summed E-state index contributed by atoms with van der Waals surface area (Å²) < 4.78 is 0. The Morgan fingerprint density at radius 3 is 2.26 bits per heavy atom. The minimum Gasteiger partial charge on any atom is -0.348 e. The van der Waals surface area contributed by atoms with E-state index in [1.165, 1.54) is 6.92 Å². The molecule has 3 rings (SSSR count). The fourth-order valence-electron chi connectivity index (χ4n) is 4.22. The second kappa shape index (κ2) is 12.3. The number of carbonyl (C=O) groups excluding carboxylic acids is 3. The highest BCUT2D eigenvalue weighted by Gasteiger charge is 2.41. The highest BCUT2D eigenvalue weighted by atomic mass is 32.1. The fraction of sp³-hybridized carbons (Fsp3) is 0.556. The van der Waals surface area contributed by atoms with Gasteiger partial charge in [-0.3, -0.25) is 14.4 Å². The number of rotatable bonds is 6. The van der Waals surface area contributed by atoms with E-state index in [-0.39, 0.29) is 23.8 Å². The maximum Gasteiger partial charge on any atom is 0.246 e. The predicted molar refractivity (Wildman–Crippen MR) is 142 cm³/mol. The van der Waals surface area contributed by atoms with Gasteiger partial charge < -0.3 is 15.5 Å². The molecule has 1 aromatic carbocycles. The second-order valence-electron chi connectivity index (χ2n) is 9.81. The van der Waals surface area contributed by atoms with Crippen molar-refractivity contribution in [3.05, 3.63) is 41.0 Å². The first-order valence-corrected chi connectivity index (χ1v) is 13.3. The third kappa shape index (κ3) is 7.13. The molecule has 1 saturated heterocycles. The minimum absolute atomic E-state index is 0.161. The third-order valence-electron chi connectivity index (χ3n) is 6.08. The molecule has 1 aliphatic rings. The van der Waals surface area contributed by atoms with Crippen LogP contribution in [0.25, 0.3) is 10.4 Å². The van der Waals surface area contributed by atoms with Crippen LogP contribution in [-0.2, 0) is 14.4 Å². The van der Waals surface area contributed by atoms with E-state index in [9.17, 15) is 14.4 Å². The number of likely N-dealkylation sites (tertiary alicyclic amines) is 1. The van der Waals surface area contributed by atoms with E-state index >= 15 is 0 Å². The maximum absolute atomic E-state index is 13.3. The average Bonchev–Trinajstić information content (AvgIpc) is 3.47. The van der Waals surface area contributed by atoms with Crippen molar-refractivity contribution in [2.75, 3.05) is 6.54 Å². The molecule has 0 radical (unpaired) electrons. The summed E-state index contributed by atoms with van der Waals surface area (Å²) in [5.74, 6) is -0.618. The van der Waals surface area contributed by atoms with Crippen molar-refractivity contribution in [2.45, 2.75) is 86.4 Å². The molecule has 2 heterocycles. The molecular formula is C27H40N4O3S. The van der Waals surface area contributed by atoms with Crippen molar-refractivity contribution in [1.29, 1.82) is 0 Å². The molecule has 1 aromatic heterocycles. The molecule has 7 nitrogen and oxygen atoms in total. The van der Waals surface area contributed by atoms with E-state index in [0.29, 0.717) is 13.0 Å². The summed E-state index contributed by atoms with van der Waals surface area (Å²) in [6.45, 7) is 15.6. The van der Waals surface area contributed by atoms with Crippen molar-refractivity contribution < 1.29 is 14.4 Å². The Kier molecular flexibility index (Phi) is 10.0. The zero-order chi connectivity index (χ0) is 26.3. The summed E-state index contributed by atoms with van der Waals surface area (Å²) >= 11 is 1.61. The van der Waals surface area contributed by atoms with Crippen LogP contribution in [0.15, 0.2) is 29.8 Å². The largest absolute Gasteiger partial charge is 0.348 e. The zero-order valence-electron chi connectivity index (χ0n) is 22.3. The minimum atomic E-state index is -0.677. The number of aryl methyl sites for hydroxylation is 1. The lowest BCUT2D eigenvalue weighted by Gasteiger charge is -2.35. The number of nitrogens with one attached hydrogen (secondary N) is 2. The van der Waals surface area contributed by atoms with Crippen LogP contribution in [0.2, 0.25) is 0 Å². The van der Waals surface area contributed by atoms with Gasteiger partial charge in [0.05, 0.1) is 22.1 Å². The lowest BCUT2D eigenvalue weighted by Crippen LogP contribution is -2.57. The number of amides is 3. The van der Waals surface area contributed by atoms with Crippen LogP contribution < -0.4 is 10.6 Å². The molecule has 3 atom stereocenters. The number of aromatic nitrogens is 1. The third-order valence-corrected chi connectivity index (χ3v) is 7.05. The van der Waals surface area contributed by atoms with Crippen LogP contribution >= 0.6 is 11.3 Å². The van der Waals surface area contributed by atoms with Crippen molar-refractivity contribution in [1.82, 2.24) is 20.5 Å². The van der Waals surface area contributed by atoms with Gasteiger partial charge in [-0.15, -0.1) is 11.3 Å². The van der Waals surface area contributed by atoms with Crippen LogP contribution in [0.4, 0.5) is 0 Å². The average molecular weight is 501 g/mol. The van der Waals surface area contributed by atoms with Crippen LogP contribution in [0, 0.1) is 12.3 Å². The predicted octanol–water partition coefficient (Wildman–Crippen LogP) is 4.86. The maximum atomic E-state index is 13.3. The standard InChI is InChI=1S/C25H34N4O3S.C2H6/c1-15(18-9-11-19(12-10-18)21-16(2)26-14-33-21)27-23(31)20-8-7-13-29(20)24(32)22(25(4,5)6)28-17(3)30;1-2/h9-12,14-15,20,22H,7-8,13H2,1-6H3,(H,27,31)(H,28,30);1-2H3. The van der Waals surface area contributed by atoms with Crippen LogP contribution in [-0.4, -0.2) is 46.2 Å². The van der Waals surface area contributed by atoms with E-state index in [1.54, 1.807) is 16.2 Å². The number of benzene rings is 1. The molecule has 0 aliphatic carbocycles. The topological polar surface area (TPSA) is 91.4 Å². The monoisotopic (exact) mass is 500 g/mol. The Morgan fingerprint density at radius 1 is 1.11 bits per heavy atom. The summed E-state index contributed by atoms with van der Waals surface area (Å²) in [6, 6.07) is 6.73.